The van der Waals surface area contributed by atoms with E-state index in [1.165, 1.54) is 0 Å². The summed E-state index contributed by atoms with van der Waals surface area (Å²) in [7, 11) is 0. The number of likely N-dealkylation sites (tertiary alicyclic amines) is 1. The molecule has 6 heteroatoms. The van der Waals surface area contributed by atoms with E-state index in [0.717, 1.165) is 50.3 Å². The van der Waals surface area contributed by atoms with Gasteiger partial charge in [0.05, 0.1) is 5.69 Å². The van der Waals surface area contributed by atoms with Crippen molar-refractivity contribution in [2.75, 3.05) is 37.7 Å². The highest BCUT2D eigenvalue weighted by Gasteiger charge is 2.25. The number of nitrogens with one attached hydrogen (secondary N) is 1. The lowest BCUT2D eigenvalue weighted by Crippen LogP contribution is -2.45. The zero-order valence-corrected chi connectivity index (χ0v) is 14.2. The van der Waals surface area contributed by atoms with Gasteiger partial charge in [0, 0.05) is 32.6 Å². The third-order valence-corrected chi connectivity index (χ3v) is 4.66. The molecule has 3 rings (SSSR count). The number of benzene rings is 1. The maximum Gasteiger partial charge on any atom is 0.265 e. The Morgan fingerprint density at radius 3 is 2.75 bits per heavy atom. The molecule has 0 radical (unpaired) electrons. The molecule has 2 heterocycles. The van der Waals surface area contributed by atoms with E-state index in [0.29, 0.717) is 12.6 Å². The van der Waals surface area contributed by atoms with Crippen LogP contribution in [0.1, 0.15) is 26.2 Å². The summed E-state index contributed by atoms with van der Waals surface area (Å²) in [5.74, 6) is 0.865. The van der Waals surface area contributed by atoms with E-state index in [2.05, 4.69) is 10.2 Å². The average Bonchev–Trinajstić information content (AvgIpc) is 2.58. The van der Waals surface area contributed by atoms with Crippen LogP contribution in [-0.2, 0) is 9.59 Å². The molecule has 1 aromatic rings. The molecule has 0 bridgehead atoms. The lowest BCUT2D eigenvalue weighted by atomic mass is 10.0. The molecular weight excluding hydrogens is 306 g/mol. The van der Waals surface area contributed by atoms with E-state index in [-0.39, 0.29) is 18.4 Å². The Kier molecular flexibility index (Phi) is 5.35. The lowest BCUT2D eigenvalue weighted by Gasteiger charge is -2.33. The highest BCUT2D eigenvalue weighted by atomic mass is 16.5. The number of nitrogens with zero attached hydrogens (tertiary/aromatic N) is 2. The van der Waals surface area contributed by atoms with Gasteiger partial charge in [-0.15, -0.1) is 0 Å². The Hall–Kier alpha value is -2.08. The molecule has 0 unspecified atom stereocenters. The van der Waals surface area contributed by atoms with Gasteiger partial charge >= 0.3 is 0 Å². The highest BCUT2D eigenvalue weighted by molar-refractivity contribution is 5.97. The SMILES string of the molecule is CC(=O)NC1CCN(CCCN2C(=O)COc3ccccc32)CC1. The normalized spacial score (nSPS) is 18.9. The number of amides is 2. The number of carbonyl (C=O) groups is 2. The quantitative estimate of drug-likeness (QED) is 0.886. The van der Waals surface area contributed by atoms with Crippen LogP contribution in [0.5, 0.6) is 5.75 Å². The van der Waals surface area contributed by atoms with Crippen molar-refractivity contribution in [2.45, 2.75) is 32.2 Å². The fraction of sp³-hybridized carbons (Fsp3) is 0.556. The summed E-state index contributed by atoms with van der Waals surface area (Å²) in [4.78, 5) is 27.5. The molecular formula is C18H25N3O3. The largest absolute Gasteiger partial charge is 0.482 e. The number of piperidine rings is 1. The molecule has 2 amide bonds. The minimum Gasteiger partial charge on any atom is -0.482 e. The van der Waals surface area contributed by atoms with Crippen LogP contribution in [0, 0.1) is 0 Å². The fourth-order valence-electron chi connectivity index (χ4n) is 3.44. The smallest absolute Gasteiger partial charge is 0.265 e. The van der Waals surface area contributed by atoms with Crippen molar-refractivity contribution < 1.29 is 14.3 Å². The summed E-state index contributed by atoms with van der Waals surface area (Å²) in [5, 5.41) is 2.99. The van der Waals surface area contributed by atoms with E-state index in [9.17, 15) is 9.59 Å². The predicted molar refractivity (Wildman–Crippen MR) is 92.2 cm³/mol. The third-order valence-electron chi connectivity index (χ3n) is 4.66. The Morgan fingerprint density at radius 2 is 2.00 bits per heavy atom. The van der Waals surface area contributed by atoms with E-state index >= 15 is 0 Å². The number of para-hydroxylation sites is 2. The Balaban J connectivity index is 1.46. The number of ether oxygens (including phenoxy) is 1. The molecule has 0 saturated carbocycles. The molecule has 6 nitrogen and oxygen atoms in total. The zero-order valence-electron chi connectivity index (χ0n) is 14.2. The zero-order chi connectivity index (χ0) is 16.9. The van der Waals surface area contributed by atoms with Crippen LogP contribution >= 0.6 is 0 Å². The maximum atomic E-state index is 12.1. The van der Waals surface area contributed by atoms with Crippen LogP contribution < -0.4 is 15.0 Å². The van der Waals surface area contributed by atoms with Gasteiger partial charge in [0.1, 0.15) is 5.75 Å². The Morgan fingerprint density at radius 1 is 1.25 bits per heavy atom. The van der Waals surface area contributed by atoms with Gasteiger partial charge in [0.15, 0.2) is 6.61 Å². The summed E-state index contributed by atoms with van der Waals surface area (Å²) in [6.45, 7) is 5.38. The second-order valence-electron chi connectivity index (χ2n) is 6.47. The molecule has 1 aromatic carbocycles. The fourth-order valence-corrected chi connectivity index (χ4v) is 3.44. The standard InChI is InChI=1S/C18H25N3O3/c1-14(22)19-15-7-11-20(12-8-15)9-4-10-21-16-5-2-3-6-17(16)24-13-18(21)23/h2-3,5-6,15H,4,7-13H2,1H3,(H,19,22). The van der Waals surface area contributed by atoms with E-state index in [1.54, 1.807) is 6.92 Å². The second kappa shape index (κ2) is 7.66. The van der Waals surface area contributed by atoms with Gasteiger partial charge in [-0.25, -0.2) is 0 Å². The predicted octanol–water partition coefficient (Wildman–Crippen LogP) is 1.40. The van der Waals surface area contributed by atoms with Gasteiger partial charge in [0.2, 0.25) is 5.91 Å². The second-order valence-corrected chi connectivity index (χ2v) is 6.47. The minimum absolute atomic E-state index is 0.0260. The van der Waals surface area contributed by atoms with Gasteiger partial charge < -0.3 is 19.9 Å². The van der Waals surface area contributed by atoms with Crippen molar-refractivity contribution in [2.24, 2.45) is 0 Å². The van der Waals surface area contributed by atoms with Gasteiger partial charge in [0.25, 0.3) is 5.91 Å². The van der Waals surface area contributed by atoms with Crippen molar-refractivity contribution in [3.63, 3.8) is 0 Å². The lowest BCUT2D eigenvalue weighted by molar-refractivity contribution is -0.121. The maximum absolute atomic E-state index is 12.1. The molecule has 1 saturated heterocycles. The van der Waals surface area contributed by atoms with Crippen molar-refractivity contribution in [3.05, 3.63) is 24.3 Å². The minimum atomic E-state index is 0.0260. The van der Waals surface area contributed by atoms with Gasteiger partial charge in [-0.1, -0.05) is 12.1 Å². The average molecular weight is 331 g/mol. The van der Waals surface area contributed by atoms with Gasteiger partial charge in [-0.05, 0) is 37.9 Å². The van der Waals surface area contributed by atoms with Gasteiger partial charge in [-0.2, -0.15) is 0 Å². The van der Waals surface area contributed by atoms with E-state index < -0.39 is 0 Å². The number of hydrogen-bond acceptors (Lipinski definition) is 4. The highest BCUT2D eigenvalue weighted by Crippen LogP contribution is 2.31. The summed E-state index contributed by atoms with van der Waals surface area (Å²) >= 11 is 0. The number of fused-ring (bicyclic) bond motifs is 1. The van der Waals surface area contributed by atoms with Crippen molar-refractivity contribution >= 4 is 17.5 Å². The third kappa shape index (κ3) is 4.06. The number of rotatable bonds is 5. The van der Waals surface area contributed by atoms with Crippen LogP contribution in [0.3, 0.4) is 0 Å². The molecule has 0 aliphatic carbocycles. The monoisotopic (exact) mass is 331 g/mol. The first-order chi connectivity index (χ1) is 11.6. The molecule has 2 aliphatic rings. The van der Waals surface area contributed by atoms with Crippen LogP contribution in [0.4, 0.5) is 5.69 Å². The molecule has 24 heavy (non-hydrogen) atoms. The topological polar surface area (TPSA) is 61.9 Å². The van der Waals surface area contributed by atoms with Crippen molar-refractivity contribution in [1.29, 1.82) is 0 Å². The van der Waals surface area contributed by atoms with Crippen molar-refractivity contribution in [3.8, 4) is 5.75 Å². The summed E-state index contributed by atoms with van der Waals surface area (Å²) in [6.07, 6.45) is 2.93. The van der Waals surface area contributed by atoms with E-state index in [1.807, 2.05) is 29.2 Å². The molecule has 1 N–H and O–H groups in total. The van der Waals surface area contributed by atoms with Crippen LogP contribution in [0.2, 0.25) is 0 Å². The molecule has 0 spiro atoms. The first kappa shape index (κ1) is 16.8. The van der Waals surface area contributed by atoms with Crippen LogP contribution in [-0.4, -0.2) is 55.5 Å². The molecule has 2 aliphatic heterocycles. The first-order valence-corrected chi connectivity index (χ1v) is 8.65. The number of hydrogen-bond donors (Lipinski definition) is 1. The van der Waals surface area contributed by atoms with Crippen molar-refractivity contribution in [1.82, 2.24) is 10.2 Å². The van der Waals surface area contributed by atoms with E-state index in [4.69, 9.17) is 4.74 Å². The van der Waals surface area contributed by atoms with Gasteiger partial charge in [-0.3, -0.25) is 9.59 Å². The molecule has 0 aromatic heterocycles. The van der Waals surface area contributed by atoms with Crippen LogP contribution in [0.25, 0.3) is 0 Å². The summed E-state index contributed by atoms with van der Waals surface area (Å²) in [5.41, 5.74) is 0.873. The van der Waals surface area contributed by atoms with Crippen LogP contribution in [0.15, 0.2) is 24.3 Å². The molecule has 130 valence electrons. The molecule has 1 fully saturated rings. The summed E-state index contributed by atoms with van der Waals surface area (Å²) in [6, 6.07) is 8.01. The Labute approximate surface area is 142 Å². The summed E-state index contributed by atoms with van der Waals surface area (Å²) < 4.78 is 5.47. The first-order valence-electron chi connectivity index (χ1n) is 8.65. The molecule has 0 atom stereocenters. The number of carbonyl (C=O) groups excluding carboxylic acids is 2. The number of anilines is 1. The Bertz CT molecular complexity index is 597.